The molecular weight excluding hydrogens is 1850 g/mol. The summed E-state index contributed by atoms with van der Waals surface area (Å²) < 4.78 is 37.5. The topological polar surface area (TPSA) is 346 Å². The number of hydrogen-bond donors (Lipinski definition) is 5. The number of fused-ring (bicyclic) bond motifs is 7. The molecule has 0 aliphatic carbocycles. The summed E-state index contributed by atoms with van der Waals surface area (Å²) in [5.41, 5.74) is 15.0. The van der Waals surface area contributed by atoms with Crippen molar-refractivity contribution in [3.63, 3.8) is 0 Å². The summed E-state index contributed by atoms with van der Waals surface area (Å²) in [4.78, 5) is 117. The normalized spacial score (nSPS) is 17.0. The number of aromatic nitrogens is 7. The van der Waals surface area contributed by atoms with E-state index in [-0.39, 0.29) is 38.1 Å². The second kappa shape index (κ2) is 44.4. The van der Waals surface area contributed by atoms with Crippen molar-refractivity contribution >= 4 is 106 Å². The predicted octanol–water partition coefficient (Wildman–Crippen LogP) is 16.1. The van der Waals surface area contributed by atoms with E-state index in [0.29, 0.717) is 136 Å². The molecule has 25 rings (SSSR count). The van der Waals surface area contributed by atoms with Crippen LogP contribution >= 0.6 is 0 Å². The number of nitrogens with one attached hydrogen (secondary N) is 5. The molecule has 19 heterocycles. The highest BCUT2D eigenvalue weighted by Gasteiger charge is 2.29. The zero-order chi connectivity index (χ0) is 101. The van der Waals surface area contributed by atoms with E-state index in [4.69, 9.17) is 26.5 Å². The Morgan fingerprint density at radius 3 is 1.04 bits per heavy atom. The largest absolute Gasteiger partial charge is 0.456 e. The minimum absolute atomic E-state index is 0.0277. The number of pyridine rings is 6. The standard InChI is InChI=1S/C20H18N4O2.2C20H21N3O2.2C19H19N3O2.C18H17N3O2/c25-17-12-19(16-13-24-8-2-1-3-20(24)22-16)26-18-5-4-14(11-15(17)18)23-9-6-21-7-10-23;1-13-11-23(12-14(2)22-13)16-5-6-19-17(8-16)18(24)9-20(25-19)15-4-3-7-21-10-15;1-20(2)13-23(9-8-22-20)15-5-6-18-16(10-15)17(24)11-19(25-18)14-4-3-7-21-12-14;1-13-12-22(8-7-21-13)15-4-5-18-16(9-15)17(23)10-19(24-18)14-3-2-6-20-11-14;1-21-8-10-22(11-9-21)14-5-6-18-15(12-14)17(23)13-19(24-18)16-4-2-3-7-20-16;22-16-12-18(15-3-1-2-6-20-15)23-17-5-4-13(11-14(16)17)21-9-7-19-8-10-21/h1-5,8,11-13,21H,6-7,9-10H2;3-10,13-14,22H,11-12H2,1-2H3;3-7,10-12,22H,8-9,13H2,1-2H3;2-6,9-11,13,21H,7-8,12H2,1H3;2-7,12-13H,8-11H2,1H3;1-6,11-12,19H,7-10H2/t;13-,14+;;13-;;/m...1../s1. The molecule has 6 saturated heterocycles. The van der Waals surface area contributed by atoms with E-state index < -0.39 is 0 Å². The van der Waals surface area contributed by atoms with Crippen molar-refractivity contribution in [1.82, 2.24) is 65.8 Å². The van der Waals surface area contributed by atoms with Crippen molar-refractivity contribution in [2.24, 2.45) is 0 Å². The third-order valence-corrected chi connectivity index (χ3v) is 27.0. The van der Waals surface area contributed by atoms with E-state index in [2.05, 4.69) is 132 Å². The molecule has 6 aliphatic rings. The molecule has 19 aromatic rings. The molecule has 5 N–H and O–H groups in total. The maximum Gasteiger partial charge on any atom is 0.193 e. The van der Waals surface area contributed by atoms with Gasteiger partial charge in [0.15, 0.2) is 49.9 Å². The SMILES string of the molecule is CC1(C)CN(c2ccc3oc(-c4cccnc4)cc(=O)c3c2)CCN1.CN1CCN(c2ccc3oc(-c4ccccn4)cc(=O)c3c2)CC1.C[C@@H]1CN(c2ccc3oc(-c4cccnc4)cc(=O)c3c2)CCN1.C[C@@H]1CN(c2ccc3oc(-c4cccnc4)cc(=O)c3c2)C[C@H](C)N1.O=c1cc(-c2ccccn2)oc2ccc(N3CCNCC3)cc12.O=c1cc(-c2cn3ccccc3n2)oc2ccc(N3CCNCC3)cc12. The Bertz CT molecular complexity index is 8100. The van der Waals surface area contributed by atoms with Crippen LogP contribution in [-0.2, 0) is 0 Å². The average Bonchev–Trinajstić information content (AvgIpc) is 1.78. The number of imidazole rings is 1. The number of hydrogen-bond acceptors (Lipinski definition) is 30. The number of piperazine rings is 6. The Labute approximate surface area is 846 Å². The molecule has 6 aliphatic heterocycles. The summed E-state index contributed by atoms with van der Waals surface area (Å²) in [5.74, 6) is 3.12. The average molecular weight is 1970 g/mol. The van der Waals surface area contributed by atoms with Crippen LogP contribution in [0.3, 0.4) is 0 Å². The monoisotopic (exact) mass is 1970 g/mol. The van der Waals surface area contributed by atoms with Crippen LogP contribution in [0.15, 0.2) is 354 Å². The Morgan fingerprint density at radius 1 is 0.320 bits per heavy atom. The van der Waals surface area contributed by atoms with Gasteiger partial charge in [0.25, 0.3) is 0 Å². The molecule has 6 aromatic carbocycles. The van der Waals surface area contributed by atoms with Gasteiger partial charge in [0.05, 0.1) is 32.3 Å². The molecular formula is C116H115N19O12. The number of benzene rings is 6. The maximum atomic E-state index is 12.7. The highest BCUT2D eigenvalue weighted by atomic mass is 16.4. The smallest absolute Gasteiger partial charge is 0.193 e. The third-order valence-electron chi connectivity index (χ3n) is 27.0. The second-order valence-electron chi connectivity index (χ2n) is 38.4. The van der Waals surface area contributed by atoms with Gasteiger partial charge in [-0.3, -0.25) is 53.7 Å². The zero-order valence-corrected chi connectivity index (χ0v) is 82.8. The van der Waals surface area contributed by atoms with Crippen molar-refractivity contribution in [1.29, 1.82) is 0 Å². The van der Waals surface area contributed by atoms with Crippen LogP contribution in [-0.4, -0.2) is 201 Å². The van der Waals surface area contributed by atoms with E-state index in [9.17, 15) is 28.8 Å². The molecule has 13 aromatic heterocycles. The summed E-state index contributed by atoms with van der Waals surface area (Å²) >= 11 is 0. The van der Waals surface area contributed by atoms with E-state index >= 15 is 0 Å². The van der Waals surface area contributed by atoms with Crippen molar-refractivity contribution < 1.29 is 26.5 Å². The lowest BCUT2D eigenvalue weighted by molar-refractivity contribution is 0.313. The molecule has 3 atom stereocenters. The highest BCUT2D eigenvalue weighted by molar-refractivity contribution is 5.88. The summed E-state index contributed by atoms with van der Waals surface area (Å²) in [7, 11) is 2.13. The number of nitrogens with zero attached hydrogens (tertiary/aromatic N) is 14. The van der Waals surface area contributed by atoms with Crippen molar-refractivity contribution in [3.8, 4) is 68.3 Å². The van der Waals surface area contributed by atoms with Crippen LogP contribution in [0.25, 0.3) is 140 Å². The fourth-order valence-electron chi connectivity index (χ4n) is 19.4. The van der Waals surface area contributed by atoms with Gasteiger partial charge in [-0.05, 0) is 224 Å². The molecule has 0 unspecified atom stereocenters. The molecule has 0 spiro atoms. The first-order valence-electron chi connectivity index (χ1n) is 49.9. The summed E-state index contributed by atoms with van der Waals surface area (Å²) in [5, 5.41) is 20.8. The lowest BCUT2D eigenvalue weighted by Crippen LogP contribution is -2.57. The summed E-state index contributed by atoms with van der Waals surface area (Å²) in [6.45, 7) is 30.0. The maximum absolute atomic E-state index is 12.7. The van der Waals surface area contributed by atoms with Gasteiger partial charge in [-0.2, -0.15) is 0 Å². The number of anilines is 6. The molecule has 31 heteroatoms. The van der Waals surface area contributed by atoms with Crippen molar-refractivity contribution in [2.45, 2.75) is 58.3 Å². The molecule has 6 fully saturated rings. The Hall–Kier alpha value is -16.4. The fourth-order valence-corrected chi connectivity index (χ4v) is 19.4. The first-order chi connectivity index (χ1) is 71.6. The number of rotatable bonds is 12. The molecule has 147 heavy (non-hydrogen) atoms. The van der Waals surface area contributed by atoms with Crippen molar-refractivity contribution in [3.05, 3.63) is 360 Å². The molecule has 0 bridgehead atoms. The van der Waals surface area contributed by atoms with Gasteiger partial charge in [0.2, 0.25) is 0 Å². The highest BCUT2D eigenvalue weighted by Crippen LogP contribution is 2.35. The molecule has 746 valence electrons. The van der Waals surface area contributed by atoms with Gasteiger partial charge in [-0.1, -0.05) is 18.2 Å². The minimum Gasteiger partial charge on any atom is -0.456 e. The van der Waals surface area contributed by atoms with Crippen LogP contribution in [0.4, 0.5) is 34.1 Å². The lowest BCUT2D eigenvalue weighted by Gasteiger charge is -2.40. The predicted molar refractivity (Wildman–Crippen MR) is 583 cm³/mol. The van der Waals surface area contributed by atoms with Gasteiger partial charge >= 0.3 is 0 Å². The number of likely N-dealkylation sites (N-methyl/N-ethyl adjacent to an activating group) is 1. The van der Waals surface area contributed by atoms with E-state index in [1.807, 2.05) is 217 Å². The summed E-state index contributed by atoms with van der Waals surface area (Å²) in [6.07, 6.45) is 17.4. The van der Waals surface area contributed by atoms with Crippen LogP contribution < -0.4 is 88.6 Å². The fraction of sp³-hybridized carbons (Fsp3) is 0.259. The first kappa shape index (κ1) is 98.0. The lowest BCUT2D eigenvalue weighted by atomic mass is 10.0. The Kier molecular flexibility index (Phi) is 29.6. The van der Waals surface area contributed by atoms with Crippen LogP contribution in [0.2, 0.25) is 0 Å². The molecule has 0 saturated carbocycles. The van der Waals surface area contributed by atoms with Gasteiger partial charge < -0.3 is 91.8 Å². The van der Waals surface area contributed by atoms with Crippen LogP contribution in [0.1, 0.15) is 34.6 Å². The molecule has 31 nitrogen and oxygen atoms in total. The molecule has 0 radical (unpaired) electrons. The minimum atomic E-state index is -0.0460. The van der Waals surface area contributed by atoms with Crippen LogP contribution in [0, 0.1) is 0 Å². The van der Waals surface area contributed by atoms with E-state index in [1.165, 1.54) is 18.2 Å². The molecule has 0 amide bonds. The van der Waals surface area contributed by atoms with E-state index in [0.717, 1.165) is 187 Å². The Balaban J connectivity index is 0.000000107. The van der Waals surface area contributed by atoms with Crippen LogP contribution in [0.5, 0.6) is 0 Å². The quantitative estimate of drug-likeness (QED) is 0.0758. The third kappa shape index (κ3) is 23.3. The zero-order valence-electron chi connectivity index (χ0n) is 82.8. The van der Waals surface area contributed by atoms with Gasteiger partial charge in [0, 0.05) is 304 Å². The first-order valence-corrected chi connectivity index (χ1v) is 49.9. The van der Waals surface area contributed by atoms with Gasteiger partial charge in [0.1, 0.15) is 73.5 Å². The summed E-state index contributed by atoms with van der Waals surface area (Å²) in [6, 6.07) is 73.6. The van der Waals surface area contributed by atoms with E-state index in [1.54, 1.807) is 67.8 Å². The van der Waals surface area contributed by atoms with Crippen molar-refractivity contribution in [2.75, 3.05) is 167 Å². The van der Waals surface area contributed by atoms with Gasteiger partial charge in [-0.15, -0.1) is 0 Å². The second-order valence-corrected chi connectivity index (χ2v) is 38.4. The Morgan fingerprint density at radius 2 is 0.667 bits per heavy atom. The van der Waals surface area contributed by atoms with Gasteiger partial charge in [-0.25, -0.2) is 4.98 Å².